The van der Waals surface area contributed by atoms with Crippen molar-refractivity contribution in [3.05, 3.63) is 23.3 Å². The van der Waals surface area contributed by atoms with Crippen molar-refractivity contribution in [1.82, 2.24) is 4.90 Å². The Morgan fingerprint density at radius 3 is 2.29 bits per heavy atom. The summed E-state index contributed by atoms with van der Waals surface area (Å²) in [6.45, 7) is 0. The van der Waals surface area contributed by atoms with Crippen LogP contribution < -0.4 is 28.3 Å². The van der Waals surface area contributed by atoms with Gasteiger partial charge in [-0.25, -0.2) is 0 Å². The van der Waals surface area contributed by atoms with Crippen molar-refractivity contribution < 1.29 is 39.0 Å². The maximum Gasteiger partial charge on any atom is 0.235 e. The number of aromatic hydroxyl groups is 1. The van der Waals surface area contributed by atoms with E-state index in [4.69, 9.17) is 22.9 Å². The number of amides is 2. The van der Waals surface area contributed by atoms with E-state index in [1.165, 1.54) is 32.3 Å². The second kappa shape index (κ2) is 8.21. The second-order valence-electron chi connectivity index (χ2n) is 9.99. The summed E-state index contributed by atoms with van der Waals surface area (Å²) in [5.41, 5.74) is 15.5. The quantitative estimate of drug-likeness (QED) is 0.111. The third-order valence-electron chi connectivity index (χ3n) is 8.12. The summed E-state index contributed by atoms with van der Waals surface area (Å²) in [5.74, 6) is -12.3. The van der Waals surface area contributed by atoms with Gasteiger partial charge in [0.05, 0.1) is 46.6 Å². The molecule has 15 heteroatoms. The molecule has 3 aliphatic rings. The second-order valence-corrected chi connectivity index (χ2v) is 9.99. The van der Waals surface area contributed by atoms with Crippen molar-refractivity contribution in [2.75, 3.05) is 19.4 Å². The normalized spacial score (nSPS) is 38.1. The van der Waals surface area contributed by atoms with E-state index >= 15 is 0 Å². The predicted octanol–water partition coefficient (Wildman–Crippen LogP) is -4.20. The molecule has 0 spiro atoms. The van der Waals surface area contributed by atoms with E-state index in [2.05, 4.69) is 5.32 Å². The lowest BCUT2D eigenvalue weighted by Gasteiger charge is -2.64. The summed E-state index contributed by atoms with van der Waals surface area (Å²) in [6.07, 6.45) is -2.12. The van der Waals surface area contributed by atoms with Crippen molar-refractivity contribution >= 4 is 41.1 Å². The molecule has 3 aliphatic carbocycles. The lowest BCUT2D eigenvalue weighted by Crippen LogP contribution is -2.92. The van der Waals surface area contributed by atoms with E-state index in [0.717, 1.165) is 4.90 Å². The third-order valence-corrected chi connectivity index (χ3v) is 8.12. The Balaban J connectivity index is 2.10. The average molecular weight is 527 g/mol. The van der Waals surface area contributed by atoms with Crippen LogP contribution in [0.1, 0.15) is 22.0 Å². The molecular formula is C23H25N7O8. The first-order valence-electron chi connectivity index (χ1n) is 11.2. The summed E-state index contributed by atoms with van der Waals surface area (Å²) in [6, 6.07) is 0.477. The van der Waals surface area contributed by atoms with Gasteiger partial charge in [0.2, 0.25) is 12.3 Å². The molecule has 0 heterocycles. The average Bonchev–Trinajstić information content (AvgIpc) is 2.82. The van der Waals surface area contributed by atoms with Gasteiger partial charge in [0.15, 0.2) is 34.5 Å². The lowest BCUT2D eigenvalue weighted by molar-refractivity contribution is -0.181. The molecule has 4 rings (SSSR count). The number of carbonyl (C=O) groups is 6. The Labute approximate surface area is 214 Å². The number of benzene rings is 1. The number of Topliss-reactive ketones (excluding diaryl/α,β-unsaturated/α-hetero) is 4. The monoisotopic (exact) mass is 527 g/mol. The number of hydrogen-bond acceptors (Lipinski definition) is 13. The van der Waals surface area contributed by atoms with Crippen molar-refractivity contribution in [3.63, 3.8) is 0 Å². The number of rotatable bonds is 4. The van der Waals surface area contributed by atoms with Gasteiger partial charge in [0, 0.05) is 0 Å². The zero-order valence-corrected chi connectivity index (χ0v) is 20.2. The van der Waals surface area contributed by atoms with Crippen LogP contribution in [0.25, 0.3) is 0 Å². The van der Waals surface area contributed by atoms with Crippen molar-refractivity contribution in [1.29, 1.82) is 5.26 Å². The van der Waals surface area contributed by atoms with Crippen LogP contribution in [0.3, 0.4) is 0 Å². The van der Waals surface area contributed by atoms with Gasteiger partial charge in [-0.15, -0.1) is 0 Å². The summed E-state index contributed by atoms with van der Waals surface area (Å²) in [7, 11) is 2.58. The standard InChI is InChI=1S/C23H25N7O8/c1-30(2)16-14(34)10(19(26)37)17(35)21(5-24)18(36)11-13(33)9-7(3-4-8(12(9)32)29-6-31)15(25)22(11,27)20(38)23(16,21)28/h3-4,6,10-11,15-16,20,32,38H,25,27-28H2,1-2H3,(H2,26,37)(H,29,31)/t10?,11?,15?,16-,20+,21+,22-,23+/m1/s1. The van der Waals surface area contributed by atoms with E-state index < -0.39 is 86.9 Å². The van der Waals surface area contributed by atoms with Crippen LogP contribution in [-0.4, -0.2) is 87.9 Å². The maximum absolute atomic E-state index is 14.2. The molecule has 1 aromatic rings. The fraction of sp³-hybridized carbons (Fsp3) is 0.435. The number of phenols is 1. The number of aliphatic hydroxyl groups excluding tert-OH is 1. The van der Waals surface area contributed by atoms with Gasteiger partial charge in [0.25, 0.3) is 0 Å². The van der Waals surface area contributed by atoms with E-state index in [1.54, 1.807) is 0 Å². The van der Waals surface area contributed by atoms with Gasteiger partial charge in [-0.2, -0.15) is 5.26 Å². The van der Waals surface area contributed by atoms with E-state index in [9.17, 15) is 44.2 Å². The molecule has 0 radical (unpaired) electrons. The number of fused-ring (bicyclic) bond motifs is 3. The van der Waals surface area contributed by atoms with Crippen LogP contribution in [0.2, 0.25) is 0 Å². The number of primary amides is 1. The SMILES string of the molecule is CN(C)[C@@H]1C(=O)C(C(N)=O)C(=O)[C@@]2(C#N)C(=O)C3C(=O)c4c(ccc(NC=O)c4O)C(N)[C@@]3(N)[C@H](O)[C@@]12N. The van der Waals surface area contributed by atoms with Crippen molar-refractivity contribution in [2.45, 2.75) is 29.3 Å². The van der Waals surface area contributed by atoms with Crippen LogP contribution in [0.5, 0.6) is 5.75 Å². The van der Waals surface area contributed by atoms with Crippen LogP contribution in [-0.2, 0) is 24.0 Å². The molecule has 0 bridgehead atoms. The topological polar surface area (TPSA) is 286 Å². The number of nitrogens with two attached hydrogens (primary N) is 4. The number of likely N-dealkylation sites (N-methyl/N-ethyl adjacent to an activating group) is 1. The van der Waals surface area contributed by atoms with Gasteiger partial charge >= 0.3 is 0 Å². The number of carbonyl (C=O) groups excluding carboxylic acids is 6. The van der Waals surface area contributed by atoms with Crippen molar-refractivity contribution in [2.24, 2.45) is 40.2 Å². The minimum absolute atomic E-state index is 0.132. The molecule has 38 heavy (non-hydrogen) atoms. The first-order valence-corrected chi connectivity index (χ1v) is 11.2. The van der Waals surface area contributed by atoms with Gasteiger partial charge in [0.1, 0.15) is 11.7 Å². The smallest absolute Gasteiger partial charge is 0.235 e. The summed E-state index contributed by atoms with van der Waals surface area (Å²) in [5, 5.41) is 35.0. The highest BCUT2D eigenvalue weighted by Gasteiger charge is 2.83. The number of aliphatic hydroxyl groups is 1. The predicted molar refractivity (Wildman–Crippen MR) is 126 cm³/mol. The van der Waals surface area contributed by atoms with E-state index in [-0.39, 0.29) is 17.7 Å². The molecule has 1 aromatic carbocycles. The molecule has 3 unspecified atom stereocenters. The molecule has 2 saturated carbocycles. The molecule has 2 fully saturated rings. The Hall–Kier alpha value is -4.07. The van der Waals surface area contributed by atoms with E-state index in [1.807, 2.05) is 0 Å². The minimum atomic E-state index is -3.15. The van der Waals surface area contributed by atoms with Crippen LogP contribution in [0.4, 0.5) is 5.69 Å². The maximum atomic E-state index is 14.2. The molecule has 15 nitrogen and oxygen atoms in total. The molecule has 200 valence electrons. The van der Waals surface area contributed by atoms with Crippen LogP contribution in [0, 0.1) is 28.6 Å². The molecular weight excluding hydrogens is 502 g/mol. The number of ketones is 4. The Morgan fingerprint density at radius 2 is 1.79 bits per heavy atom. The summed E-state index contributed by atoms with van der Waals surface area (Å²) in [4.78, 5) is 79.3. The molecule has 0 aromatic heterocycles. The van der Waals surface area contributed by atoms with Gasteiger partial charge in [-0.1, -0.05) is 6.07 Å². The van der Waals surface area contributed by atoms with E-state index in [0.29, 0.717) is 0 Å². The Morgan fingerprint density at radius 1 is 1.18 bits per heavy atom. The summed E-state index contributed by atoms with van der Waals surface area (Å²) >= 11 is 0. The number of nitrogens with zero attached hydrogens (tertiary/aromatic N) is 2. The fourth-order valence-corrected chi connectivity index (χ4v) is 6.43. The lowest BCUT2D eigenvalue weighted by atomic mass is 9.41. The van der Waals surface area contributed by atoms with Crippen LogP contribution >= 0.6 is 0 Å². The number of phenolic OH excluding ortho intramolecular Hbond substituents is 1. The third kappa shape index (κ3) is 2.72. The summed E-state index contributed by atoms with van der Waals surface area (Å²) < 4.78 is 0. The first-order chi connectivity index (χ1) is 17.6. The molecule has 8 atom stereocenters. The Kier molecular flexibility index (Phi) is 5.83. The van der Waals surface area contributed by atoms with Gasteiger partial charge in [-0.05, 0) is 25.7 Å². The van der Waals surface area contributed by atoms with Crippen molar-refractivity contribution in [3.8, 4) is 11.8 Å². The van der Waals surface area contributed by atoms with Gasteiger partial charge in [-0.3, -0.25) is 33.7 Å². The highest BCUT2D eigenvalue weighted by molar-refractivity contribution is 6.33. The van der Waals surface area contributed by atoms with Gasteiger partial charge < -0.3 is 38.5 Å². The number of nitrogens with one attached hydrogen (secondary N) is 1. The molecule has 11 N–H and O–H groups in total. The molecule has 2 amide bonds. The first kappa shape index (κ1) is 27.0. The number of nitriles is 1. The minimum Gasteiger partial charge on any atom is -0.505 e. The number of hydrogen-bond donors (Lipinski definition) is 7. The Bertz CT molecular complexity index is 1390. The highest BCUT2D eigenvalue weighted by Crippen LogP contribution is 2.58. The largest absolute Gasteiger partial charge is 0.505 e. The molecule has 0 aliphatic heterocycles. The number of anilines is 1. The van der Waals surface area contributed by atoms with Crippen LogP contribution in [0.15, 0.2) is 12.1 Å². The zero-order valence-electron chi connectivity index (χ0n) is 20.2. The zero-order chi connectivity index (χ0) is 28.7. The highest BCUT2D eigenvalue weighted by atomic mass is 16.3. The fourth-order valence-electron chi connectivity index (χ4n) is 6.43. The molecule has 0 saturated heterocycles.